The van der Waals surface area contributed by atoms with Crippen LogP contribution in [0.25, 0.3) is 0 Å². The first kappa shape index (κ1) is 16.2. The lowest BCUT2D eigenvalue weighted by atomic mass is 10.1. The number of rotatable bonds is 5. The molecule has 6 heteroatoms. The highest BCUT2D eigenvalue weighted by molar-refractivity contribution is 7.91. The van der Waals surface area contributed by atoms with Crippen LogP contribution in [0.2, 0.25) is 0 Å². The first-order valence-electron chi connectivity index (χ1n) is 7.72. The molecule has 2 aliphatic rings. The summed E-state index contributed by atoms with van der Waals surface area (Å²) < 4.78 is 29.0. The Morgan fingerprint density at radius 1 is 1.40 bits per heavy atom. The summed E-state index contributed by atoms with van der Waals surface area (Å²) in [5, 5.41) is 3.39. The minimum atomic E-state index is -2.83. The lowest BCUT2D eigenvalue weighted by molar-refractivity contribution is -0.0311. The molecule has 0 aromatic heterocycles. The van der Waals surface area contributed by atoms with Crippen molar-refractivity contribution in [2.45, 2.75) is 38.8 Å². The largest absolute Gasteiger partial charge is 0.374 e. The van der Waals surface area contributed by atoms with Crippen LogP contribution in [-0.2, 0) is 14.6 Å². The van der Waals surface area contributed by atoms with Gasteiger partial charge in [0, 0.05) is 32.2 Å². The van der Waals surface area contributed by atoms with Gasteiger partial charge in [-0.15, -0.1) is 0 Å². The first-order chi connectivity index (χ1) is 9.44. The van der Waals surface area contributed by atoms with E-state index in [1.165, 1.54) is 0 Å². The molecule has 2 atom stereocenters. The van der Waals surface area contributed by atoms with Gasteiger partial charge < -0.3 is 10.1 Å². The fraction of sp³-hybridized carbons (Fsp3) is 1.00. The molecule has 2 saturated heterocycles. The molecule has 0 saturated carbocycles. The standard InChI is InChI=1S/C14H28N2O3S/c1-12(2)9-16-5-6-19-14(10-16)8-15-13-4-3-7-20(17,18)11-13/h12-15H,3-11H2,1-2H3/t13-,14-/m1/s1. The summed E-state index contributed by atoms with van der Waals surface area (Å²) in [4.78, 5) is 2.44. The third kappa shape index (κ3) is 5.31. The SMILES string of the molecule is CC(C)CN1CCO[C@H](CN[C@@H]2CCCS(=O)(=O)C2)C1. The van der Waals surface area contributed by atoms with E-state index in [0.717, 1.165) is 45.6 Å². The highest BCUT2D eigenvalue weighted by Gasteiger charge is 2.26. The van der Waals surface area contributed by atoms with Crippen molar-refractivity contribution in [2.24, 2.45) is 5.92 Å². The fourth-order valence-electron chi connectivity index (χ4n) is 3.07. The van der Waals surface area contributed by atoms with E-state index >= 15 is 0 Å². The Balaban J connectivity index is 1.73. The summed E-state index contributed by atoms with van der Waals surface area (Å²) in [6.45, 7) is 9.07. The molecule has 2 fully saturated rings. The highest BCUT2D eigenvalue weighted by atomic mass is 32.2. The van der Waals surface area contributed by atoms with Crippen LogP contribution in [0.15, 0.2) is 0 Å². The summed E-state index contributed by atoms with van der Waals surface area (Å²) in [5.74, 6) is 1.31. The van der Waals surface area contributed by atoms with Crippen molar-refractivity contribution in [3.05, 3.63) is 0 Å². The van der Waals surface area contributed by atoms with Crippen molar-refractivity contribution in [2.75, 3.05) is 44.3 Å². The van der Waals surface area contributed by atoms with Crippen LogP contribution in [0.5, 0.6) is 0 Å². The number of sulfone groups is 1. The molecule has 0 aromatic rings. The first-order valence-corrected chi connectivity index (χ1v) is 9.54. The van der Waals surface area contributed by atoms with Crippen molar-refractivity contribution in [1.82, 2.24) is 10.2 Å². The average Bonchev–Trinajstić information content (AvgIpc) is 2.35. The molecule has 2 heterocycles. The predicted molar refractivity (Wildman–Crippen MR) is 80.7 cm³/mol. The van der Waals surface area contributed by atoms with Crippen LogP contribution in [-0.4, -0.2) is 69.8 Å². The minimum Gasteiger partial charge on any atom is -0.374 e. The maximum atomic E-state index is 11.6. The molecule has 0 aromatic carbocycles. The van der Waals surface area contributed by atoms with Crippen molar-refractivity contribution >= 4 is 9.84 Å². The van der Waals surface area contributed by atoms with Gasteiger partial charge in [0.2, 0.25) is 0 Å². The number of nitrogens with one attached hydrogen (secondary N) is 1. The second kappa shape index (κ2) is 7.20. The Labute approximate surface area is 123 Å². The van der Waals surface area contributed by atoms with Gasteiger partial charge in [-0.25, -0.2) is 8.42 Å². The van der Waals surface area contributed by atoms with Gasteiger partial charge in [-0.05, 0) is 18.8 Å². The number of morpholine rings is 1. The third-order valence-electron chi connectivity index (χ3n) is 3.94. The molecular formula is C14H28N2O3S. The zero-order chi connectivity index (χ0) is 14.6. The van der Waals surface area contributed by atoms with Crippen LogP contribution in [0.1, 0.15) is 26.7 Å². The van der Waals surface area contributed by atoms with E-state index in [2.05, 4.69) is 24.1 Å². The molecular weight excluding hydrogens is 276 g/mol. The highest BCUT2D eigenvalue weighted by Crippen LogP contribution is 2.13. The van der Waals surface area contributed by atoms with E-state index in [9.17, 15) is 8.42 Å². The fourth-order valence-corrected chi connectivity index (χ4v) is 4.74. The van der Waals surface area contributed by atoms with Gasteiger partial charge in [0.1, 0.15) is 0 Å². The molecule has 20 heavy (non-hydrogen) atoms. The summed E-state index contributed by atoms with van der Waals surface area (Å²) in [5.41, 5.74) is 0. The molecule has 118 valence electrons. The van der Waals surface area contributed by atoms with Gasteiger partial charge in [-0.3, -0.25) is 4.90 Å². The third-order valence-corrected chi connectivity index (χ3v) is 5.76. The van der Waals surface area contributed by atoms with Crippen LogP contribution in [0.3, 0.4) is 0 Å². The average molecular weight is 304 g/mol. The van der Waals surface area contributed by atoms with E-state index < -0.39 is 9.84 Å². The van der Waals surface area contributed by atoms with Crippen molar-refractivity contribution in [3.8, 4) is 0 Å². The molecule has 5 nitrogen and oxygen atoms in total. The van der Waals surface area contributed by atoms with Crippen molar-refractivity contribution < 1.29 is 13.2 Å². The van der Waals surface area contributed by atoms with E-state index in [0.29, 0.717) is 11.7 Å². The smallest absolute Gasteiger partial charge is 0.151 e. The maximum Gasteiger partial charge on any atom is 0.151 e. The Kier molecular flexibility index (Phi) is 5.84. The van der Waals surface area contributed by atoms with E-state index in [1.54, 1.807) is 0 Å². The number of hydrogen-bond donors (Lipinski definition) is 1. The molecule has 0 spiro atoms. The molecule has 1 N–H and O–H groups in total. The molecule has 0 amide bonds. The van der Waals surface area contributed by atoms with Gasteiger partial charge in [0.15, 0.2) is 9.84 Å². The van der Waals surface area contributed by atoms with Gasteiger partial charge in [0.25, 0.3) is 0 Å². The Bertz CT molecular complexity index is 397. The van der Waals surface area contributed by atoms with Crippen LogP contribution in [0, 0.1) is 5.92 Å². The van der Waals surface area contributed by atoms with Gasteiger partial charge in [-0.2, -0.15) is 0 Å². The zero-order valence-electron chi connectivity index (χ0n) is 12.7. The quantitative estimate of drug-likeness (QED) is 0.802. The van der Waals surface area contributed by atoms with E-state index in [-0.39, 0.29) is 17.9 Å². The van der Waals surface area contributed by atoms with E-state index in [1.807, 2.05) is 0 Å². The van der Waals surface area contributed by atoms with Crippen LogP contribution < -0.4 is 5.32 Å². The van der Waals surface area contributed by atoms with Crippen LogP contribution in [0.4, 0.5) is 0 Å². The number of ether oxygens (including phenoxy) is 1. The number of hydrogen-bond acceptors (Lipinski definition) is 5. The predicted octanol–water partition coefficient (Wildman–Crippen LogP) is 0.510. The Morgan fingerprint density at radius 3 is 2.90 bits per heavy atom. The molecule has 2 rings (SSSR count). The normalized spacial score (nSPS) is 31.6. The van der Waals surface area contributed by atoms with Gasteiger partial charge in [-0.1, -0.05) is 13.8 Å². The molecule has 2 aliphatic heterocycles. The summed E-state index contributed by atoms with van der Waals surface area (Å²) >= 11 is 0. The van der Waals surface area contributed by atoms with Gasteiger partial charge >= 0.3 is 0 Å². The van der Waals surface area contributed by atoms with Crippen LogP contribution >= 0.6 is 0 Å². The second-order valence-corrected chi connectivity index (χ2v) is 8.74. The zero-order valence-corrected chi connectivity index (χ0v) is 13.5. The monoisotopic (exact) mass is 304 g/mol. The molecule has 0 radical (unpaired) electrons. The Hall–Kier alpha value is -0.170. The maximum absolute atomic E-state index is 11.6. The molecule has 0 aliphatic carbocycles. The number of nitrogens with zero attached hydrogens (tertiary/aromatic N) is 1. The van der Waals surface area contributed by atoms with Gasteiger partial charge in [0.05, 0.1) is 24.2 Å². The lowest BCUT2D eigenvalue weighted by Gasteiger charge is -2.35. The van der Waals surface area contributed by atoms with Crippen molar-refractivity contribution in [3.63, 3.8) is 0 Å². The minimum absolute atomic E-state index is 0.109. The summed E-state index contributed by atoms with van der Waals surface area (Å²) in [7, 11) is -2.83. The topological polar surface area (TPSA) is 58.6 Å². The summed E-state index contributed by atoms with van der Waals surface area (Å²) in [6, 6.07) is 0.109. The molecule has 0 bridgehead atoms. The second-order valence-electron chi connectivity index (χ2n) is 6.51. The molecule has 0 unspecified atom stereocenters. The van der Waals surface area contributed by atoms with Crippen molar-refractivity contribution in [1.29, 1.82) is 0 Å². The summed E-state index contributed by atoms with van der Waals surface area (Å²) in [6.07, 6.45) is 1.93. The van der Waals surface area contributed by atoms with E-state index in [4.69, 9.17) is 4.74 Å². The Morgan fingerprint density at radius 2 is 2.20 bits per heavy atom. The lowest BCUT2D eigenvalue weighted by Crippen LogP contribution is -2.50.